The van der Waals surface area contributed by atoms with Gasteiger partial charge in [-0.25, -0.2) is 8.42 Å². The molecule has 14 heavy (non-hydrogen) atoms. The van der Waals surface area contributed by atoms with E-state index in [0.717, 1.165) is 12.3 Å². The van der Waals surface area contributed by atoms with Crippen molar-refractivity contribution < 1.29 is 21.6 Å². The number of rotatable bonds is 2. The number of alkyl halides is 3. The van der Waals surface area contributed by atoms with E-state index in [4.69, 9.17) is 10.7 Å². The molecular formula is C5H4ClF3N2O2S. The standard InChI is InChI=1S/C5H4ClF3N2O2S/c6-14(12,13)4-1-2-11(10-4)3-5(7,8)9/h1-2H,3H2. The first-order valence-corrected chi connectivity index (χ1v) is 5.54. The van der Waals surface area contributed by atoms with Crippen LogP contribution < -0.4 is 0 Å². The van der Waals surface area contributed by atoms with Crippen LogP contribution in [0.4, 0.5) is 13.2 Å². The van der Waals surface area contributed by atoms with Gasteiger partial charge in [-0.05, 0) is 6.07 Å². The summed E-state index contributed by atoms with van der Waals surface area (Å²) in [5, 5.41) is 2.55. The van der Waals surface area contributed by atoms with Gasteiger partial charge in [-0.1, -0.05) is 0 Å². The van der Waals surface area contributed by atoms with E-state index in [1.807, 2.05) is 0 Å². The van der Waals surface area contributed by atoms with Gasteiger partial charge in [0.2, 0.25) is 0 Å². The lowest BCUT2D eigenvalue weighted by Crippen LogP contribution is -2.18. The van der Waals surface area contributed by atoms with Crippen LogP contribution in [0.25, 0.3) is 0 Å². The quantitative estimate of drug-likeness (QED) is 0.743. The Morgan fingerprint density at radius 1 is 1.50 bits per heavy atom. The Bertz CT molecular complexity index is 424. The zero-order valence-electron chi connectivity index (χ0n) is 6.49. The maximum atomic E-state index is 11.8. The van der Waals surface area contributed by atoms with Gasteiger partial charge in [0.05, 0.1) is 0 Å². The molecule has 0 aliphatic carbocycles. The van der Waals surface area contributed by atoms with E-state index in [1.165, 1.54) is 0 Å². The molecule has 0 unspecified atom stereocenters. The van der Waals surface area contributed by atoms with Crippen molar-refractivity contribution in [3.63, 3.8) is 0 Å². The van der Waals surface area contributed by atoms with Gasteiger partial charge in [-0.2, -0.15) is 18.3 Å². The van der Waals surface area contributed by atoms with Crippen LogP contribution in [-0.2, 0) is 15.6 Å². The van der Waals surface area contributed by atoms with E-state index in [-0.39, 0.29) is 0 Å². The van der Waals surface area contributed by atoms with Crippen LogP contribution in [0.15, 0.2) is 17.3 Å². The molecule has 0 amide bonds. The largest absolute Gasteiger partial charge is 0.408 e. The fourth-order valence-corrected chi connectivity index (χ4v) is 1.42. The number of halogens is 4. The third kappa shape index (κ3) is 3.18. The van der Waals surface area contributed by atoms with Crippen molar-refractivity contribution in [1.29, 1.82) is 0 Å². The van der Waals surface area contributed by atoms with Crippen LogP contribution in [0.3, 0.4) is 0 Å². The van der Waals surface area contributed by atoms with Crippen molar-refractivity contribution in [3.8, 4) is 0 Å². The van der Waals surface area contributed by atoms with E-state index in [1.54, 1.807) is 0 Å². The summed E-state index contributed by atoms with van der Waals surface area (Å²) < 4.78 is 57.1. The fourth-order valence-electron chi connectivity index (χ4n) is 0.745. The summed E-state index contributed by atoms with van der Waals surface area (Å²) in [7, 11) is 0.794. The van der Waals surface area contributed by atoms with E-state index in [9.17, 15) is 21.6 Å². The van der Waals surface area contributed by atoms with Crippen LogP contribution in [0.2, 0.25) is 0 Å². The molecule has 1 heterocycles. The molecule has 0 spiro atoms. The fraction of sp³-hybridized carbons (Fsp3) is 0.400. The third-order valence-corrected chi connectivity index (χ3v) is 2.40. The minimum Gasteiger partial charge on any atom is -0.262 e. The second-order valence-electron chi connectivity index (χ2n) is 2.40. The Labute approximate surface area is 81.7 Å². The molecule has 0 N–H and O–H groups in total. The predicted octanol–water partition coefficient (Wildman–Crippen LogP) is 1.37. The lowest BCUT2D eigenvalue weighted by atomic mass is 10.6. The maximum absolute atomic E-state index is 11.8. The molecule has 1 aromatic heterocycles. The summed E-state index contributed by atoms with van der Waals surface area (Å²) in [6.07, 6.45) is -3.55. The van der Waals surface area contributed by atoms with Crippen LogP contribution in [0.1, 0.15) is 0 Å². The molecule has 0 saturated carbocycles. The zero-order chi connectivity index (χ0) is 11.0. The molecule has 0 aromatic carbocycles. The van der Waals surface area contributed by atoms with Crippen molar-refractivity contribution in [2.75, 3.05) is 0 Å². The first kappa shape index (κ1) is 11.3. The van der Waals surface area contributed by atoms with Gasteiger partial charge in [0, 0.05) is 16.9 Å². The molecule has 4 nitrogen and oxygen atoms in total. The highest BCUT2D eigenvalue weighted by Gasteiger charge is 2.29. The van der Waals surface area contributed by atoms with Gasteiger partial charge in [0.1, 0.15) is 6.54 Å². The zero-order valence-corrected chi connectivity index (χ0v) is 8.07. The van der Waals surface area contributed by atoms with Gasteiger partial charge in [-0.3, -0.25) is 4.68 Å². The molecule has 0 fully saturated rings. The van der Waals surface area contributed by atoms with E-state index in [2.05, 4.69) is 5.10 Å². The van der Waals surface area contributed by atoms with Crippen molar-refractivity contribution >= 4 is 19.7 Å². The molecule has 0 saturated heterocycles. The van der Waals surface area contributed by atoms with Crippen LogP contribution in [0.5, 0.6) is 0 Å². The average Bonchev–Trinajstić information content (AvgIpc) is 2.29. The molecular weight excluding hydrogens is 245 g/mol. The monoisotopic (exact) mass is 248 g/mol. The Morgan fingerprint density at radius 2 is 2.07 bits per heavy atom. The molecule has 0 aliphatic rings. The van der Waals surface area contributed by atoms with Crippen molar-refractivity contribution in [3.05, 3.63) is 12.3 Å². The molecule has 1 aromatic rings. The van der Waals surface area contributed by atoms with E-state index >= 15 is 0 Å². The number of hydrogen-bond acceptors (Lipinski definition) is 3. The molecule has 0 radical (unpaired) electrons. The SMILES string of the molecule is O=S(=O)(Cl)c1ccn(CC(F)(F)F)n1. The second-order valence-corrected chi connectivity index (χ2v) is 4.92. The third-order valence-electron chi connectivity index (χ3n) is 1.21. The summed E-state index contributed by atoms with van der Waals surface area (Å²) in [5.74, 6) is 0. The highest BCUT2D eigenvalue weighted by molar-refractivity contribution is 8.13. The molecule has 80 valence electrons. The summed E-state index contributed by atoms with van der Waals surface area (Å²) in [4.78, 5) is 0. The summed E-state index contributed by atoms with van der Waals surface area (Å²) in [6, 6.07) is 0.897. The summed E-state index contributed by atoms with van der Waals surface area (Å²) in [6.45, 7) is -1.35. The Kier molecular flexibility index (Phi) is 2.77. The average molecular weight is 249 g/mol. The van der Waals surface area contributed by atoms with Gasteiger partial charge in [-0.15, -0.1) is 0 Å². The molecule has 0 bridgehead atoms. The van der Waals surface area contributed by atoms with Gasteiger partial charge in [0.15, 0.2) is 5.03 Å². The molecule has 1 rings (SSSR count). The first-order chi connectivity index (χ1) is 6.18. The normalized spacial score (nSPS) is 13.1. The highest BCUT2D eigenvalue weighted by Crippen LogP contribution is 2.18. The van der Waals surface area contributed by atoms with Crippen molar-refractivity contribution in [2.24, 2.45) is 0 Å². The maximum Gasteiger partial charge on any atom is 0.408 e. The molecule has 0 atom stereocenters. The lowest BCUT2D eigenvalue weighted by Gasteiger charge is -2.04. The topological polar surface area (TPSA) is 52.0 Å². The van der Waals surface area contributed by atoms with Gasteiger partial charge >= 0.3 is 6.18 Å². The van der Waals surface area contributed by atoms with Gasteiger partial charge in [0.25, 0.3) is 9.05 Å². The number of aromatic nitrogens is 2. The Balaban J connectivity index is 2.90. The smallest absolute Gasteiger partial charge is 0.262 e. The minimum atomic E-state index is -4.45. The Hall–Kier alpha value is -0.760. The lowest BCUT2D eigenvalue weighted by molar-refractivity contribution is -0.142. The highest BCUT2D eigenvalue weighted by atomic mass is 35.7. The molecule has 9 heteroatoms. The van der Waals surface area contributed by atoms with Gasteiger partial charge < -0.3 is 0 Å². The van der Waals surface area contributed by atoms with E-state index in [0.29, 0.717) is 4.68 Å². The summed E-state index contributed by atoms with van der Waals surface area (Å²) >= 11 is 0. The van der Waals surface area contributed by atoms with Crippen molar-refractivity contribution in [1.82, 2.24) is 9.78 Å². The van der Waals surface area contributed by atoms with Crippen LogP contribution in [0, 0.1) is 0 Å². The number of hydrogen-bond donors (Lipinski definition) is 0. The number of nitrogens with zero attached hydrogens (tertiary/aromatic N) is 2. The second kappa shape index (κ2) is 3.43. The van der Waals surface area contributed by atoms with Crippen LogP contribution in [-0.4, -0.2) is 24.4 Å². The molecule has 0 aliphatic heterocycles. The van der Waals surface area contributed by atoms with Crippen molar-refractivity contribution in [2.45, 2.75) is 17.7 Å². The Morgan fingerprint density at radius 3 is 2.43 bits per heavy atom. The predicted molar refractivity (Wildman–Crippen MR) is 41.3 cm³/mol. The van der Waals surface area contributed by atoms with Crippen LogP contribution >= 0.6 is 10.7 Å². The van der Waals surface area contributed by atoms with E-state index < -0.39 is 26.8 Å². The minimum absolute atomic E-state index is 0.454. The summed E-state index contributed by atoms with van der Waals surface area (Å²) in [5.41, 5.74) is 0. The first-order valence-electron chi connectivity index (χ1n) is 3.23.